The minimum absolute atomic E-state index is 0.122. The van der Waals surface area contributed by atoms with E-state index < -0.39 is 50.0 Å². The lowest BCUT2D eigenvalue weighted by Crippen LogP contribution is -2.17. The molecule has 0 bridgehead atoms. The van der Waals surface area contributed by atoms with Gasteiger partial charge in [0.05, 0.1) is 29.4 Å². The van der Waals surface area contributed by atoms with Crippen LogP contribution in [0.1, 0.15) is 34.8 Å². The van der Waals surface area contributed by atoms with Gasteiger partial charge < -0.3 is 14.9 Å². The molecule has 0 amide bonds. The molecule has 1 atom stereocenters. The van der Waals surface area contributed by atoms with Gasteiger partial charge >= 0.3 is 12.1 Å². The van der Waals surface area contributed by atoms with Crippen molar-refractivity contribution in [1.82, 2.24) is 0 Å². The van der Waals surface area contributed by atoms with E-state index in [0.29, 0.717) is 6.07 Å². The highest BCUT2D eigenvalue weighted by Crippen LogP contribution is 2.34. The standard InChI is InChI=1S/C19H20F3NO6S/c1-11(24)3-4-12-5-6-13(19(20,21)22)9-16(12)23-30(27,28)14-7-8-17(25)15(10-14)18(26)29-2/h5-11,23-25H,3-4H2,1-2H3/t11-/m1/s1. The highest BCUT2D eigenvalue weighted by Gasteiger charge is 2.31. The first-order chi connectivity index (χ1) is 13.8. The van der Waals surface area contributed by atoms with Crippen LogP contribution < -0.4 is 4.72 Å². The summed E-state index contributed by atoms with van der Waals surface area (Å²) < 4.78 is 71.4. The molecule has 0 fully saturated rings. The molecular formula is C19H20F3NO6S. The van der Waals surface area contributed by atoms with Crippen molar-refractivity contribution in [3.63, 3.8) is 0 Å². The number of halogens is 3. The molecule has 30 heavy (non-hydrogen) atoms. The number of alkyl halides is 3. The summed E-state index contributed by atoms with van der Waals surface area (Å²) in [6.45, 7) is 1.50. The number of hydrogen-bond acceptors (Lipinski definition) is 6. The van der Waals surface area contributed by atoms with Crippen LogP contribution in [0.4, 0.5) is 18.9 Å². The molecule has 2 rings (SSSR count). The normalized spacial score (nSPS) is 13.0. The molecule has 0 heterocycles. The van der Waals surface area contributed by atoms with Crippen LogP contribution in [0.15, 0.2) is 41.3 Å². The number of phenolic OH excluding ortho intramolecular Hbond substituents is 1. The number of hydrogen-bond donors (Lipinski definition) is 3. The fourth-order valence-corrected chi connectivity index (χ4v) is 3.71. The molecule has 164 valence electrons. The van der Waals surface area contributed by atoms with Crippen LogP contribution in [0.5, 0.6) is 5.75 Å². The zero-order valence-corrected chi connectivity index (χ0v) is 16.8. The van der Waals surface area contributed by atoms with Gasteiger partial charge in [0, 0.05) is 0 Å². The lowest BCUT2D eigenvalue weighted by atomic mass is 10.0. The van der Waals surface area contributed by atoms with Gasteiger partial charge in [-0.3, -0.25) is 4.72 Å². The minimum atomic E-state index is -4.69. The van der Waals surface area contributed by atoms with Gasteiger partial charge in [-0.1, -0.05) is 6.07 Å². The molecule has 2 aromatic rings. The molecule has 0 unspecified atom stereocenters. The summed E-state index contributed by atoms with van der Waals surface area (Å²) in [5, 5.41) is 19.2. The van der Waals surface area contributed by atoms with Crippen molar-refractivity contribution < 1.29 is 41.3 Å². The van der Waals surface area contributed by atoms with Crippen LogP contribution in [0.25, 0.3) is 0 Å². The van der Waals surface area contributed by atoms with Crippen LogP contribution >= 0.6 is 0 Å². The van der Waals surface area contributed by atoms with Crippen molar-refractivity contribution in [3.05, 3.63) is 53.1 Å². The van der Waals surface area contributed by atoms with E-state index in [2.05, 4.69) is 9.46 Å². The lowest BCUT2D eigenvalue weighted by molar-refractivity contribution is -0.137. The van der Waals surface area contributed by atoms with Gasteiger partial charge in [0.15, 0.2) is 0 Å². The van der Waals surface area contributed by atoms with Gasteiger partial charge in [-0.05, 0) is 55.7 Å². The number of anilines is 1. The Labute approximate surface area is 171 Å². The van der Waals surface area contributed by atoms with Crippen LogP contribution in [0.3, 0.4) is 0 Å². The molecule has 0 aromatic heterocycles. The number of rotatable bonds is 7. The maximum Gasteiger partial charge on any atom is 0.416 e. The summed E-state index contributed by atoms with van der Waals surface area (Å²) >= 11 is 0. The highest BCUT2D eigenvalue weighted by molar-refractivity contribution is 7.92. The van der Waals surface area contributed by atoms with E-state index in [1.807, 2.05) is 0 Å². The third-order valence-corrected chi connectivity index (χ3v) is 5.56. The third kappa shape index (κ3) is 5.63. The first-order valence-corrected chi connectivity index (χ1v) is 10.2. The molecule has 0 saturated heterocycles. The predicted molar refractivity (Wildman–Crippen MR) is 102 cm³/mol. The topological polar surface area (TPSA) is 113 Å². The molecule has 2 aromatic carbocycles. The van der Waals surface area contributed by atoms with E-state index in [1.54, 1.807) is 0 Å². The number of sulfonamides is 1. The summed E-state index contributed by atoms with van der Waals surface area (Å²) in [5.74, 6) is -1.50. The second-order valence-electron chi connectivity index (χ2n) is 6.53. The van der Waals surface area contributed by atoms with Crippen molar-refractivity contribution in [2.75, 3.05) is 11.8 Å². The van der Waals surface area contributed by atoms with E-state index in [9.17, 15) is 36.6 Å². The van der Waals surface area contributed by atoms with Crippen molar-refractivity contribution in [2.45, 2.75) is 36.9 Å². The first kappa shape index (κ1) is 23.5. The molecule has 7 nitrogen and oxygen atoms in total. The fraction of sp³-hybridized carbons (Fsp3) is 0.316. The number of carbonyl (C=O) groups excluding carboxylic acids is 1. The second kappa shape index (κ2) is 8.92. The Balaban J connectivity index is 2.49. The van der Waals surface area contributed by atoms with E-state index in [1.165, 1.54) is 6.92 Å². The highest BCUT2D eigenvalue weighted by atomic mass is 32.2. The molecule has 0 aliphatic carbocycles. The maximum absolute atomic E-state index is 13.1. The SMILES string of the molecule is COC(=O)c1cc(S(=O)(=O)Nc2cc(C(F)(F)F)ccc2CC[C@@H](C)O)ccc1O. The average molecular weight is 447 g/mol. The Morgan fingerprint density at radius 3 is 2.43 bits per heavy atom. The summed E-state index contributed by atoms with van der Waals surface area (Å²) in [6, 6.07) is 5.43. The smallest absolute Gasteiger partial charge is 0.416 e. The number of benzene rings is 2. The second-order valence-corrected chi connectivity index (χ2v) is 8.22. The quantitative estimate of drug-likeness (QED) is 0.562. The Hall–Kier alpha value is -2.79. The van der Waals surface area contributed by atoms with Gasteiger partial charge in [0.1, 0.15) is 11.3 Å². The van der Waals surface area contributed by atoms with Crippen molar-refractivity contribution in [2.24, 2.45) is 0 Å². The summed E-state index contributed by atoms with van der Waals surface area (Å²) in [7, 11) is -3.38. The molecular weight excluding hydrogens is 427 g/mol. The van der Waals surface area contributed by atoms with Gasteiger partial charge in [0.25, 0.3) is 10.0 Å². The van der Waals surface area contributed by atoms with Crippen LogP contribution in [-0.2, 0) is 27.4 Å². The average Bonchev–Trinajstić information content (AvgIpc) is 2.65. The Kier molecular flexibility index (Phi) is 6.99. The molecule has 11 heteroatoms. The van der Waals surface area contributed by atoms with Crippen molar-refractivity contribution in [1.29, 1.82) is 0 Å². The minimum Gasteiger partial charge on any atom is -0.507 e. The number of nitrogens with one attached hydrogen (secondary N) is 1. The summed E-state index contributed by atoms with van der Waals surface area (Å²) in [5.41, 5.74) is -1.53. The summed E-state index contributed by atoms with van der Waals surface area (Å²) in [6.07, 6.45) is -5.11. The largest absolute Gasteiger partial charge is 0.507 e. The van der Waals surface area contributed by atoms with Gasteiger partial charge in [0.2, 0.25) is 0 Å². The number of ether oxygens (including phenoxy) is 1. The zero-order valence-electron chi connectivity index (χ0n) is 16.0. The number of methoxy groups -OCH3 is 1. The molecule has 0 radical (unpaired) electrons. The molecule has 0 aliphatic rings. The van der Waals surface area contributed by atoms with Gasteiger partial charge in [-0.15, -0.1) is 0 Å². The van der Waals surface area contributed by atoms with Crippen LogP contribution in [0, 0.1) is 0 Å². The number of aryl methyl sites for hydroxylation is 1. The van der Waals surface area contributed by atoms with E-state index in [-0.39, 0.29) is 24.1 Å². The maximum atomic E-state index is 13.1. The van der Waals surface area contributed by atoms with E-state index in [0.717, 1.165) is 37.4 Å². The third-order valence-electron chi connectivity index (χ3n) is 4.20. The first-order valence-electron chi connectivity index (χ1n) is 8.67. The Bertz CT molecular complexity index is 1040. The molecule has 0 saturated carbocycles. The number of aliphatic hydroxyl groups excluding tert-OH is 1. The monoisotopic (exact) mass is 447 g/mol. The molecule has 3 N–H and O–H groups in total. The molecule has 0 spiro atoms. The lowest BCUT2D eigenvalue weighted by Gasteiger charge is -2.16. The predicted octanol–water partition coefficient (Wildman–Crippen LogP) is 3.31. The van der Waals surface area contributed by atoms with Crippen LogP contribution in [-0.4, -0.2) is 37.8 Å². The van der Waals surface area contributed by atoms with Crippen molar-refractivity contribution >= 4 is 21.7 Å². The van der Waals surface area contributed by atoms with E-state index in [4.69, 9.17) is 0 Å². The number of esters is 1. The molecule has 0 aliphatic heterocycles. The number of aromatic hydroxyl groups is 1. The van der Waals surface area contributed by atoms with Gasteiger partial charge in [-0.25, -0.2) is 13.2 Å². The Morgan fingerprint density at radius 2 is 1.87 bits per heavy atom. The Morgan fingerprint density at radius 1 is 1.20 bits per heavy atom. The zero-order chi connectivity index (χ0) is 22.7. The van der Waals surface area contributed by atoms with Crippen LogP contribution in [0.2, 0.25) is 0 Å². The summed E-state index contributed by atoms with van der Waals surface area (Å²) in [4.78, 5) is 11.2. The van der Waals surface area contributed by atoms with Crippen molar-refractivity contribution in [3.8, 4) is 5.75 Å². The van der Waals surface area contributed by atoms with Gasteiger partial charge in [-0.2, -0.15) is 13.2 Å². The fourth-order valence-electron chi connectivity index (χ4n) is 2.59. The number of carbonyl (C=O) groups is 1. The number of aliphatic hydroxyl groups is 1. The number of phenols is 1. The van der Waals surface area contributed by atoms with E-state index >= 15 is 0 Å².